The molecule has 5 heteroatoms. The van der Waals surface area contributed by atoms with Crippen molar-refractivity contribution in [1.29, 1.82) is 0 Å². The lowest BCUT2D eigenvalue weighted by Gasteiger charge is -2.38. The molecule has 0 spiro atoms. The molecule has 3 aromatic rings. The molecule has 2 heterocycles. The van der Waals surface area contributed by atoms with E-state index in [1.807, 2.05) is 30.3 Å². The zero-order chi connectivity index (χ0) is 18.5. The fourth-order valence-electron chi connectivity index (χ4n) is 3.31. The van der Waals surface area contributed by atoms with Gasteiger partial charge >= 0.3 is 6.03 Å². The molecule has 1 N–H and O–H groups in total. The summed E-state index contributed by atoms with van der Waals surface area (Å²) in [4.78, 5) is 18.3. The predicted octanol–water partition coefficient (Wildman–Crippen LogP) is 4.10. The van der Waals surface area contributed by atoms with Crippen LogP contribution >= 0.6 is 0 Å². The Balaban J connectivity index is 1.21. The van der Waals surface area contributed by atoms with Gasteiger partial charge in [-0.05, 0) is 30.5 Å². The van der Waals surface area contributed by atoms with Crippen LogP contribution in [0, 0.1) is 0 Å². The maximum Gasteiger partial charge on any atom is 0.322 e. The van der Waals surface area contributed by atoms with E-state index in [0.717, 1.165) is 35.9 Å². The van der Waals surface area contributed by atoms with Crippen molar-refractivity contribution in [1.82, 2.24) is 9.88 Å². The maximum absolute atomic E-state index is 12.4. The number of likely N-dealkylation sites (tertiary alicyclic amines) is 1. The van der Waals surface area contributed by atoms with E-state index in [0.29, 0.717) is 13.1 Å². The number of benzene rings is 2. The maximum atomic E-state index is 12.4. The summed E-state index contributed by atoms with van der Waals surface area (Å²) in [6, 6.07) is 18.1. The molecule has 2 aromatic carbocycles. The Morgan fingerprint density at radius 3 is 2.81 bits per heavy atom. The topological polar surface area (TPSA) is 54.5 Å². The average Bonchev–Trinajstić information content (AvgIpc) is 2.67. The molecule has 138 valence electrons. The van der Waals surface area contributed by atoms with Gasteiger partial charge in [-0.15, -0.1) is 0 Å². The third-order valence-electron chi connectivity index (χ3n) is 4.86. The molecule has 1 saturated heterocycles. The van der Waals surface area contributed by atoms with Crippen molar-refractivity contribution in [3.05, 3.63) is 72.6 Å². The van der Waals surface area contributed by atoms with Gasteiger partial charge in [0.1, 0.15) is 0 Å². The lowest BCUT2D eigenvalue weighted by atomic mass is 10.1. The number of hydrogen-bond acceptors (Lipinski definition) is 3. The van der Waals surface area contributed by atoms with Crippen LogP contribution in [-0.4, -0.2) is 41.7 Å². The average molecular weight is 361 g/mol. The first-order valence-electron chi connectivity index (χ1n) is 9.34. The van der Waals surface area contributed by atoms with Crippen LogP contribution in [0.3, 0.4) is 0 Å². The fourth-order valence-corrected chi connectivity index (χ4v) is 3.31. The van der Waals surface area contributed by atoms with E-state index >= 15 is 0 Å². The number of hydrogen-bond donors (Lipinski definition) is 1. The van der Waals surface area contributed by atoms with E-state index in [2.05, 4.69) is 34.6 Å². The molecule has 4 rings (SSSR count). The van der Waals surface area contributed by atoms with Gasteiger partial charge in [0.05, 0.1) is 24.9 Å². The minimum absolute atomic E-state index is 0.0801. The quantitative estimate of drug-likeness (QED) is 0.673. The standard InChI is InChI=1S/C22H23N3O2/c26-22(24-21-10-4-9-18-14-23-12-11-20(18)21)25-15-19(16-25)27-13-5-8-17-6-2-1-3-7-17/h1-4,6-7,9-12,14,19H,5,8,13,15-16H2,(H,24,26). The van der Waals surface area contributed by atoms with E-state index < -0.39 is 0 Å². The van der Waals surface area contributed by atoms with Gasteiger partial charge in [-0.25, -0.2) is 4.79 Å². The van der Waals surface area contributed by atoms with Crippen molar-refractivity contribution in [3.8, 4) is 0 Å². The lowest BCUT2D eigenvalue weighted by molar-refractivity contribution is -0.0337. The number of aryl methyl sites for hydroxylation is 1. The van der Waals surface area contributed by atoms with Crippen LogP contribution < -0.4 is 5.32 Å². The second-order valence-corrected chi connectivity index (χ2v) is 6.82. The van der Waals surface area contributed by atoms with Crippen molar-refractivity contribution in [3.63, 3.8) is 0 Å². The van der Waals surface area contributed by atoms with Crippen LogP contribution in [0.5, 0.6) is 0 Å². The van der Waals surface area contributed by atoms with Crippen molar-refractivity contribution in [2.75, 3.05) is 25.0 Å². The van der Waals surface area contributed by atoms with Crippen LogP contribution in [0.15, 0.2) is 67.0 Å². The molecule has 5 nitrogen and oxygen atoms in total. The summed E-state index contributed by atoms with van der Waals surface area (Å²) in [7, 11) is 0. The van der Waals surface area contributed by atoms with Crippen LogP contribution in [0.4, 0.5) is 10.5 Å². The Bertz CT molecular complexity index is 902. The molecule has 1 aliphatic rings. The van der Waals surface area contributed by atoms with Crippen molar-refractivity contribution >= 4 is 22.5 Å². The number of aromatic nitrogens is 1. The minimum Gasteiger partial charge on any atom is -0.375 e. The molecule has 1 fully saturated rings. The number of pyridine rings is 1. The first kappa shape index (κ1) is 17.5. The first-order chi connectivity index (χ1) is 13.3. The van der Waals surface area contributed by atoms with Crippen LogP contribution in [0.2, 0.25) is 0 Å². The number of anilines is 1. The van der Waals surface area contributed by atoms with Gasteiger partial charge in [-0.1, -0.05) is 42.5 Å². The number of fused-ring (bicyclic) bond motifs is 1. The summed E-state index contributed by atoms with van der Waals surface area (Å²) in [6.07, 6.45) is 5.70. The van der Waals surface area contributed by atoms with Crippen LogP contribution in [0.1, 0.15) is 12.0 Å². The number of urea groups is 1. The molecule has 2 amide bonds. The number of ether oxygens (including phenoxy) is 1. The highest BCUT2D eigenvalue weighted by Gasteiger charge is 2.31. The molecule has 0 aliphatic carbocycles. The zero-order valence-electron chi connectivity index (χ0n) is 15.2. The summed E-state index contributed by atoms with van der Waals surface area (Å²) in [5, 5.41) is 5.01. The predicted molar refractivity (Wildman–Crippen MR) is 107 cm³/mol. The lowest BCUT2D eigenvalue weighted by Crippen LogP contribution is -2.56. The van der Waals surface area contributed by atoms with Gasteiger partial charge in [0.15, 0.2) is 0 Å². The fraction of sp³-hybridized carbons (Fsp3) is 0.273. The number of nitrogens with one attached hydrogen (secondary N) is 1. The smallest absolute Gasteiger partial charge is 0.322 e. The summed E-state index contributed by atoms with van der Waals surface area (Å²) in [6.45, 7) is 2.01. The third kappa shape index (κ3) is 4.26. The van der Waals surface area contributed by atoms with Gasteiger partial charge in [0.2, 0.25) is 0 Å². The molecule has 1 aliphatic heterocycles. The van der Waals surface area contributed by atoms with Crippen molar-refractivity contribution in [2.45, 2.75) is 18.9 Å². The Labute approximate surface area is 159 Å². The molecule has 1 aromatic heterocycles. The van der Waals surface area contributed by atoms with E-state index in [1.165, 1.54) is 5.56 Å². The van der Waals surface area contributed by atoms with Gasteiger partial charge < -0.3 is 15.0 Å². The molecular formula is C22H23N3O2. The number of carbonyl (C=O) groups excluding carboxylic acids is 1. The van der Waals surface area contributed by atoms with Crippen molar-refractivity contribution < 1.29 is 9.53 Å². The summed E-state index contributed by atoms with van der Waals surface area (Å²) in [5.74, 6) is 0. The van der Waals surface area contributed by atoms with E-state index in [1.54, 1.807) is 17.3 Å². The second kappa shape index (κ2) is 8.18. The first-order valence-corrected chi connectivity index (χ1v) is 9.34. The normalized spacial score (nSPS) is 14.1. The summed E-state index contributed by atoms with van der Waals surface area (Å²) < 4.78 is 5.87. The Hall–Kier alpha value is -2.92. The van der Waals surface area contributed by atoms with Crippen LogP contribution in [0.25, 0.3) is 10.8 Å². The molecule has 27 heavy (non-hydrogen) atoms. The highest BCUT2D eigenvalue weighted by atomic mass is 16.5. The molecule has 0 radical (unpaired) electrons. The van der Waals surface area contributed by atoms with E-state index in [9.17, 15) is 4.79 Å². The number of amides is 2. The van der Waals surface area contributed by atoms with Gasteiger partial charge in [0.25, 0.3) is 0 Å². The molecule has 0 unspecified atom stereocenters. The summed E-state index contributed by atoms with van der Waals surface area (Å²) >= 11 is 0. The number of nitrogens with zero attached hydrogens (tertiary/aromatic N) is 2. The van der Waals surface area contributed by atoms with Crippen LogP contribution in [-0.2, 0) is 11.2 Å². The Kier molecular flexibility index (Phi) is 5.30. The van der Waals surface area contributed by atoms with Gasteiger partial charge in [-0.2, -0.15) is 0 Å². The third-order valence-corrected chi connectivity index (χ3v) is 4.86. The monoisotopic (exact) mass is 361 g/mol. The van der Waals surface area contributed by atoms with E-state index in [4.69, 9.17) is 4.74 Å². The van der Waals surface area contributed by atoms with Gasteiger partial charge in [0, 0.05) is 29.8 Å². The minimum atomic E-state index is -0.0801. The van der Waals surface area contributed by atoms with E-state index in [-0.39, 0.29) is 12.1 Å². The Morgan fingerprint density at radius 2 is 1.96 bits per heavy atom. The van der Waals surface area contributed by atoms with Gasteiger partial charge in [-0.3, -0.25) is 4.98 Å². The molecule has 0 bridgehead atoms. The number of rotatable bonds is 6. The second-order valence-electron chi connectivity index (χ2n) is 6.82. The molecule has 0 saturated carbocycles. The highest BCUT2D eigenvalue weighted by molar-refractivity contribution is 6.01. The molecular weight excluding hydrogens is 338 g/mol. The SMILES string of the molecule is O=C(Nc1cccc2cnccc12)N1CC(OCCCc2ccccc2)C1. The molecule has 0 atom stereocenters. The number of carbonyl (C=O) groups is 1. The largest absolute Gasteiger partial charge is 0.375 e. The van der Waals surface area contributed by atoms with Crippen molar-refractivity contribution in [2.24, 2.45) is 0 Å². The zero-order valence-corrected chi connectivity index (χ0v) is 15.2. The summed E-state index contributed by atoms with van der Waals surface area (Å²) in [5.41, 5.74) is 2.15. The Morgan fingerprint density at radius 1 is 1.11 bits per heavy atom. The highest BCUT2D eigenvalue weighted by Crippen LogP contribution is 2.23.